The molecule has 0 amide bonds. The molecule has 6 heteroatoms. The summed E-state index contributed by atoms with van der Waals surface area (Å²) in [6, 6.07) is 0. The molecule has 3 N–H and O–H groups in total. The molecule has 2 atom stereocenters. The van der Waals surface area contributed by atoms with Gasteiger partial charge < -0.3 is 15.3 Å². The number of carboxylic acids is 3. The van der Waals surface area contributed by atoms with Gasteiger partial charge in [0.15, 0.2) is 0 Å². The Kier molecular flexibility index (Phi) is 12.8. The molecule has 0 fully saturated rings. The van der Waals surface area contributed by atoms with Crippen LogP contribution in [0.5, 0.6) is 0 Å². The van der Waals surface area contributed by atoms with Gasteiger partial charge in [0.1, 0.15) is 0 Å². The molecule has 6 nitrogen and oxygen atoms in total. The van der Waals surface area contributed by atoms with E-state index in [0.717, 1.165) is 38.5 Å². The molecule has 0 rings (SSSR count). The van der Waals surface area contributed by atoms with Gasteiger partial charge in [-0.05, 0) is 42.9 Å². The molecular weight excluding hydrogens is 348 g/mol. The quantitative estimate of drug-likeness (QED) is 0.317. The third-order valence-corrected chi connectivity index (χ3v) is 5.83. The maximum Gasteiger partial charge on any atom is 0.303 e. The molecule has 0 bridgehead atoms. The molecular formula is C21H38O6. The molecule has 2 unspecified atom stereocenters. The molecule has 0 radical (unpaired) electrons. The largest absolute Gasteiger partial charge is 0.481 e. The summed E-state index contributed by atoms with van der Waals surface area (Å²) in [5, 5.41) is 27.7. The monoisotopic (exact) mass is 386 g/mol. The Bertz CT molecular complexity index is 432. The Hall–Kier alpha value is -1.59. The van der Waals surface area contributed by atoms with Crippen LogP contribution in [0.4, 0.5) is 0 Å². The third kappa shape index (κ3) is 9.25. The van der Waals surface area contributed by atoms with Gasteiger partial charge in [-0.1, -0.05) is 52.9 Å². The van der Waals surface area contributed by atoms with Gasteiger partial charge in [-0.15, -0.1) is 0 Å². The summed E-state index contributed by atoms with van der Waals surface area (Å²) in [5.41, 5.74) is -0.315. The lowest BCUT2D eigenvalue weighted by Gasteiger charge is -2.47. The number of aliphatic carboxylic acids is 3. The second kappa shape index (κ2) is 13.6. The van der Waals surface area contributed by atoms with E-state index in [1.165, 1.54) is 0 Å². The minimum Gasteiger partial charge on any atom is -0.481 e. The van der Waals surface area contributed by atoms with E-state index in [1.807, 2.05) is 0 Å². The van der Waals surface area contributed by atoms with Gasteiger partial charge in [0.25, 0.3) is 0 Å². The van der Waals surface area contributed by atoms with E-state index in [-0.39, 0.29) is 36.5 Å². The number of hydrogen-bond acceptors (Lipinski definition) is 3. The maximum absolute atomic E-state index is 11.4. The zero-order chi connectivity index (χ0) is 20.9. The topological polar surface area (TPSA) is 112 Å². The Morgan fingerprint density at radius 3 is 1.33 bits per heavy atom. The molecule has 158 valence electrons. The fraction of sp³-hybridized carbons (Fsp3) is 0.857. The van der Waals surface area contributed by atoms with Crippen molar-refractivity contribution in [3.63, 3.8) is 0 Å². The van der Waals surface area contributed by atoms with Crippen LogP contribution in [0.1, 0.15) is 97.8 Å². The normalized spacial score (nSPS) is 15.7. The molecule has 0 aromatic heterocycles. The molecule has 0 aliphatic carbocycles. The highest BCUT2D eigenvalue weighted by molar-refractivity contribution is 5.67. The number of rotatable bonds is 17. The Morgan fingerprint density at radius 1 is 0.630 bits per heavy atom. The maximum atomic E-state index is 11.4. The Balaban J connectivity index is 5.98. The highest BCUT2D eigenvalue weighted by Crippen LogP contribution is 2.51. The predicted molar refractivity (Wildman–Crippen MR) is 105 cm³/mol. The zero-order valence-corrected chi connectivity index (χ0v) is 17.2. The van der Waals surface area contributed by atoms with Crippen LogP contribution in [0.3, 0.4) is 0 Å². The first-order chi connectivity index (χ1) is 12.7. The minimum absolute atomic E-state index is 0.0422. The van der Waals surface area contributed by atoms with Crippen molar-refractivity contribution in [2.24, 2.45) is 17.3 Å². The van der Waals surface area contributed by atoms with E-state index in [1.54, 1.807) is 0 Å². The second-order valence-corrected chi connectivity index (χ2v) is 7.71. The van der Waals surface area contributed by atoms with Crippen molar-refractivity contribution in [3.8, 4) is 0 Å². The fourth-order valence-corrected chi connectivity index (χ4v) is 4.81. The van der Waals surface area contributed by atoms with E-state index < -0.39 is 17.9 Å². The second-order valence-electron chi connectivity index (χ2n) is 7.71. The van der Waals surface area contributed by atoms with E-state index in [4.69, 9.17) is 0 Å². The van der Waals surface area contributed by atoms with Crippen LogP contribution in [0.25, 0.3) is 0 Å². The first-order valence-electron chi connectivity index (χ1n) is 10.4. The lowest BCUT2D eigenvalue weighted by atomic mass is 9.57. The van der Waals surface area contributed by atoms with Crippen molar-refractivity contribution in [2.45, 2.75) is 97.8 Å². The summed E-state index contributed by atoms with van der Waals surface area (Å²) < 4.78 is 0. The molecule has 0 aliphatic heterocycles. The summed E-state index contributed by atoms with van der Waals surface area (Å²) in [6.45, 7) is 6.19. The number of carbonyl (C=O) groups is 3. The molecule has 0 aromatic rings. The molecule has 0 saturated heterocycles. The van der Waals surface area contributed by atoms with Crippen LogP contribution in [-0.4, -0.2) is 33.2 Å². The Labute approximate surface area is 163 Å². The molecule has 0 heterocycles. The highest BCUT2D eigenvalue weighted by Gasteiger charge is 2.43. The molecule has 0 aromatic carbocycles. The summed E-state index contributed by atoms with van der Waals surface area (Å²) in [4.78, 5) is 33.8. The lowest BCUT2D eigenvalue weighted by molar-refractivity contribution is -0.141. The SMILES string of the molecule is CCCC(CCC(=O)O)C(CCC)(CCC(=O)O)C(CCC)CCC(=O)O. The van der Waals surface area contributed by atoms with E-state index in [2.05, 4.69) is 20.8 Å². The Morgan fingerprint density at radius 2 is 1.04 bits per heavy atom. The van der Waals surface area contributed by atoms with Gasteiger partial charge in [-0.2, -0.15) is 0 Å². The van der Waals surface area contributed by atoms with Gasteiger partial charge in [0.2, 0.25) is 0 Å². The van der Waals surface area contributed by atoms with Crippen LogP contribution in [0.15, 0.2) is 0 Å². The summed E-state index contributed by atoms with van der Waals surface area (Å²) in [6.07, 6.45) is 6.91. The van der Waals surface area contributed by atoms with Crippen LogP contribution >= 0.6 is 0 Å². The van der Waals surface area contributed by atoms with Gasteiger partial charge in [-0.3, -0.25) is 14.4 Å². The van der Waals surface area contributed by atoms with E-state index >= 15 is 0 Å². The third-order valence-electron chi connectivity index (χ3n) is 5.83. The van der Waals surface area contributed by atoms with Crippen LogP contribution in [0.2, 0.25) is 0 Å². The molecule has 27 heavy (non-hydrogen) atoms. The van der Waals surface area contributed by atoms with Crippen LogP contribution < -0.4 is 0 Å². The number of hydrogen-bond donors (Lipinski definition) is 3. The van der Waals surface area contributed by atoms with Gasteiger partial charge in [0.05, 0.1) is 0 Å². The average Bonchev–Trinajstić information content (AvgIpc) is 2.59. The molecule has 0 saturated carbocycles. The van der Waals surface area contributed by atoms with Crippen molar-refractivity contribution in [3.05, 3.63) is 0 Å². The zero-order valence-electron chi connectivity index (χ0n) is 17.2. The summed E-state index contributed by atoms with van der Waals surface area (Å²) >= 11 is 0. The lowest BCUT2D eigenvalue weighted by Crippen LogP contribution is -2.40. The summed E-state index contributed by atoms with van der Waals surface area (Å²) in [7, 11) is 0. The highest BCUT2D eigenvalue weighted by atomic mass is 16.4. The van der Waals surface area contributed by atoms with Crippen LogP contribution in [0, 0.1) is 17.3 Å². The van der Waals surface area contributed by atoms with E-state index in [9.17, 15) is 29.7 Å². The van der Waals surface area contributed by atoms with Crippen molar-refractivity contribution < 1.29 is 29.7 Å². The van der Waals surface area contributed by atoms with Gasteiger partial charge in [-0.25, -0.2) is 0 Å². The van der Waals surface area contributed by atoms with Crippen molar-refractivity contribution in [2.75, 3.05) is 0 Å². The first-order valence-corrected chi connectivity index (χ1v) is 10.4. The smallest absolute Gasteiger partial charge is 0.303 e. The van der Waals surface area contributed by atoms with Crippen LogP contribution in [-0.2, 0) is 14.4 Å². The molecule has 0 aliphatic rings. The van der Waals surface area contributed by atoms with Gasteiger partial charge >= 0.3 is 17.9 Å². The average molecular weight is 387 g/mol. The predicted octanol–water partition coefficient (Wildman–Crippen LogP) is 5.20. The minimum atomic E-state index is -0.850. The van der Waals surface area contributed by atoms with Crippen molar-refractivity contribution in [1.29, 1.82) is 0 Å². The first kappa shape index (κ1) is 25.4. The standard InChI is InChI=1S/C21H38O6/c1-4-7-16(9-11-18(22)23)21(14-6-3,15-13-20(26)27)17(8-5-2)10-12-19(24)25/h16-17H,4-15H2,1-3H3,(H,22,23)(H,24,25)(H,26,27). The summed E-state index contributed by atoms with van der Waals surface area (Å²) in [5.74, 6) is -2.32. The van der Waals surface area contributed by atoms with Crippen molar-refractivity contribution in [1.82, 2.24) is 0 Å². The van der Waals surface area contributed by atoms with Gasteiger partial charge in [0, 0.05) is 19.3 Å². The number of carboxylic acid groups (broad SMARTS) is 3. The van der Waals surface area contributed by atoms with Crippen molar-refractivity contribution >= 4 is 17.9 Å². The fourth-order valence-electron chi connectivity index (χ4n) is 4.81. The molecule has 0 spiro atoms. The van der Waals surface area contributed by atoms with E-state index in [0.29, 0.717) is 19.3 Å².